The Kier molecular flexibility index (Phi) is 3.18. The maximum atomic E-state index is 12.7. The summed E-state index contributed by atoms with van der Waals surface area (Å²) >= 11 is 0. The van der Waals surface area contributed by atoms with Gasteiger partial charge in [-0.3, -0.25) is 4.79 Å². The van der Waals surface area contributed by atoms with Crippen molar-refractivity contribution < 1.29 is 15.0 Å². The Morgan fingerprint density at radius 3 is 2.30 bits per heavy atom. The molecule has 0 radical (unpaired) electrons. The Hall–Kier alpha value is -0.610. The Morgan fingerprint density at radius 2 is 1.80 bits per heavy atom. The zero-order valence-electron chi connectivity index (χ0n) is 12.6. The van der Waals surface area contributed by atoms with Crippen LogP contribution < -0.4 is 5.32 Å². The lowest BCUT2D eigenvalue weighted by Crippen LogP contribution is -2.60. The van der Waals surface area contributed by atoms with Crippen molar-refractivity contribution in [3.63, 3.8) is 0 Å². The quantitative estimate of drug-likeness (QED) is 0.730. The van der Waals surface area contributed by atoms with E-state index in [2.05, 4.69) is 19.2 Å². The van der Waals surface area contributed by atoms with E-state index in [1.807, 2.05) is 0 Å². The number of aliphatic hydroxyl groups is 2. The van der Waals surface area contributed by atoms with E-state index in [-0.39, 0.29) is 24.5 Å². The Morgan fingerprint density at radius 1 is 1.20 bits per heavy atom. The van der Waals surface area contributed by atoms with Gasteiger partial charge in [-0.15, -0.1) is 0 Å². The number of amides is 1. The summed E-state index contributed by atoms with van der Waals surface area (Å²) in [4.78, 5) is 12.7. The molecule has 4 heteroatoms. The monoisotopic (exact) mass is 281 g/mol. The third-order valence-corrected chi connectivity index (χ3v) is 5.82. The summed E-state index contributed by atoms with van der Waals surface area (Å²) in [5.41, 5.74) is 0.417. The third-order valence-electron chi connectivity index (χ3n) is 5.82. The van der Waals surface area contributed by atoms with Gasteiger partial charge in [-0.05, 0) is 55.3 Å². The first-order valence-corrected chi connectivity index (χ1v) is 7.86. The highest BCUT2D eigenvalue weighted by atomic mass is 16.3. The maximum absolute atomic E-state index is 12.7. The van der Waals surface area contributed by atoms with Crippen molar-refractivity contribution in [3.05, 3.63) is 0 Å². The van der Waals surface area contributed by atoms with E-state index in [0.29, 0.717) is 16.7 Å². The molecular weight excluding hydrogens is 254 g/mol. The zero-order chi connectivity index (χ0) is 14.6. The molecule has 0 aromatic carbocycles. The molecule has 20 heavy (non-hydrogen) atoms. The van der Waals surface area contributed by atoms with Crippen LogP contribution in [0.25, 0.3) is 0 Å². The van der Waals surface area contributed by atoms with Crippen LogP contribution in [0.4, 0.5) is 0 Å². The smallest absolute Gasteiger partial charge is 0.226 e. The summed E-state index contributed by atoms with van der Waals surface area (Å²) in [6.07, 6.45) is 5.96. The van der Waals surface area contributed by atoms with Crippen molar-refractivity contribution in [2.75, 3.05) is 13.2 Å². The minimum absolute atomic E-state index is 0.103. The van der Waals surface area contributed by atoms with E-state index < -0.39 is 6.10 Å². The second-order valence-corrected chi connectivity index (χ2v) is 8.46. The summed E-state index contributed by atoms with van der Waals surface area (Å²) in [7, 11) is 0. The fraction of sp³-hybridized carbons (Fsp3) is 0.938. The number of hydrogen-bond acceptors (Lipinski definition) is 3. The van der Waals surface area contributed by atoms with E-state index in [4.69, 9.17) is 5.11 Å². The van der Waals surface area contributed by atoms with Gasteiger partial charge in [0.05, 0.1) is 18.1 Å². The molecule has 4 rings (SSSR count). The highest BCUT2D eigenvalue weighted by Crippen LogP contribution is 2.69. The van der Waals surface area contributed by atoms with E-state index in [1.54, 1.807) is 0 Å². The van der Waals surface area contributed by atoms with Crippen LogP contribution in [0.15, 0.2) is 0 Å². The van der Waals surface area contributed by atoms with Gasteiger partial charge in [-0.2, -0.15) is 0 Å². The molecule has 0 spiro atoms. The van der Waals surface area contributed by atoms with Gasteiger partial charge < -0.3 is 15.5 Å². The fourth-order valence-electron chi connectivity index (χ4n) is 6.16. The predicted molar refractivity (Wildman–Crippen MR) is 75.9 cm³/mol. The fourth-order valence-corrected chi connectivity index (χ4v) is 6.16. The van der Waals surface area contributed by atoms with Crippen LogP contribution in [0.5, 0.6) is 0 Å². The van der Waals surface area contributed by atoms with Gasteiger partial charge in [-0.25, -0.2) is 0 Å². The number of nitrogens with one attached hydrogen (secondary N) is 1. The molecule has 3 N–H and O–H groups in total. The largest absolute Gasteiger partial charge is 0.394 e. The Labute approximate surface area is 120 Å². The van der Waals surface area contributed by atoms with Crippen molar-refractivity contribution in [3.8, 4) is 0 Å². The van der Waals surface area contributed by atoms with E-state index in [0.717, 1.165) is 19.3 Å². The SMILES string of the molecule is CC12CC3CC(C)(C1)CC(C(=O)NCC(O)CO)(C3)C2. The van der Waals surface area contributed by atoms with Crippen LogP contribution in [-0.2, 0) is 4.79 Å². The Balaban J connectivity index is 1.77. The lowest BCUT2D eigenvalue weighted by atomic mass is 9.40. The molecule has 4 aliphatic carbocycles. The predicted octanol–water partition coefficient (Wildman–Crippen LogP) is 1.45. The number of carbonyl (C=O) groups excluding carboxylic acids is 1. The first-order chi connectivity index (χ1) is 9.28. The van der Waals surface area contributed by atoms with E-state index in [1.165, 1.54) is 19.3 Å². The van der Waals surface area contributed by atoms with Gasteiger partial charge >= 0.3 is 0 Å². The second kappa shape index (κ2) is 4.44. The van der Waals surface area contributed by atoms with Crippen molar-refractivity contribution >= 4 is 5.91 Å². The van der Waals surface area contributed by atoms with Gasteiger partial charge in [0.2, 0.25) is 5.91 Å². The first kappa shape index (κ1) is 14.3. The van der Waals surface area contributed by atoms with E-state index in [9.17, 15) is 9.90 Å². The van der Waals surface area contributed by atoms with E-state index >= 15 is 0 Å². The molecule has 0 aliphatic heterocycles. The molecule has 4 aliphatic rings. The average molecular weight is 281 g/mol. The van der Waals surface area contributed by atoms with Crippen LogP contribution >= 0.6 is 0 Å². The van der Waals surface area contributed by atoms with Gasteiger partial charge in [0.1, 0.15) is 0 Å². The summed E-state index contributed by atoms with van der Waals surface area (Å²) in [5.74, 6) is 0.793. The molecule has 4 saturated carbocycles. The minimum atomic E-state index is -0.848. The molecular formula is C16H27NO3. The number of rotatable bonds is 4. The molecule has 4 bridgehead atoms. The molecule has 4 nitrogen and oxygen atoms in total. The van der Waals surface area contributed by atoms with Gasteiger partial charge in [0, 0.05) is 6.54 Å². The van der Waals surface area contributed by atoms with Crippen molar-refractivity contribution in [2.45, 2.75) is 58.5 Å². The van der Waals surface area contributed by atoms with Crippen LogP contribution in [0, 0.1) is 22.2 Å². The zero-order valence-corrected chi connectivity index (χ0v) is 12.6. The van der Waals surface area contributed by atoms with Crippen LogP contribution in [0.2, 0.25) is 0 Å². The van der Waals surface area contributed by atoms with Gasteiger partial charge in [-0.1, -0.05) is 13.8 Å². The average Bonchev–Trinajstić information content (AvgIpc) is 2.30. The van der Waals surface area contributed by atoms with Crippen molar-refractivity contribution in [2.24, 2.45) is 22.2 Å². The summed E-state index contributed by atoms with van der Waals surface area (Å²) in [6, 6.07) is 0. The molecule has 4 fully saturated rings. The molecule has 0 aromatic rings. The topological polar surface area (TPSA) is 69.6 Å². The first-order valence-electron chi connectivity index (χ1n) is 7.86. The molecule has 0 heterocycles. The number of carbonyl (C=O) groups is 1. The molecule has 1 amide bonds. The molecule has 3 unspecified atom stereocenters. The Bertz CT molecular complexity index is 404. The van der Waals surface area contributed by atoms with Crippen LogP contribution in [0.1, 0.15) is 52.4 Å². The molecule has 114 valence electrons. The van der Waals surface area contributed by atoms with Crippen LogP contribution in [-0.4, -0.2) is 35.4 Å². The highest BCUT2D eigenvalue weighted by molar-refractivity contribution is 5.83. The maximum Gasteiger partial charge on any atom is 0.226 e. The number of aliphatic hydroxyl groups excluding tert-OH is 2. The highest BCUT2D eigenvalue weighted by Gasteiger charge is 2.62. The molecule has 0 saturated heterocycles. The standard InChI is InChI=1S/C16H27NO3/c1-14-3-11-4-15(2,8-14)10-16(5-11,9-14)13(20)17-6-12(19)7-18/h11-12,18-19H,3-10H2,1-2H3,(H,17,20). The van der Waals surface area contributed by atoms with Crippen molar-refractivity contribution in [1.82, 2.24) is 5.32 Å². The van der Waals surface area contributed by atoms with Crippen molar-refractivity contribution in [1.29, 1.82) is 0 Å². The molecule has 3 atom stereocenters. The third kappa shape index (κ3) is 2.27. The normalized spacial score (nSPS) is 47.3. The van der Waals surface area contributed by atoms with Gasteiger partial charge in [0.25, 0.3) is 0 Å². The number of hydrogen-bond donors (Lipinski definition) is 3. The lowest BCUT2D eigenvalue weighted by Gasteiger charge is -2.64. The summed E-state index contributed by atoms with van der Waals surface area (Å²) in [6.45, 7) is 4.56. The second-order valence-electron chi connectivity index (χ2n) is 8.46. The molecule has 0 aromatic heterocycles. The summed E-state index contributed by atoms with van der Waals surface area (Å²) in [5, 5.41) is 21.2. The summed E-state index contributed by atoms with van der Waals surface area (Å²) < 4.78 is 0. The van der Waals surface area contributed by atoms with Crippen LogP contribution in [0.3, 0.4) is 0 Å². The lowest BCUT2D eigenvalue weighted by molar-refractivity contribution is -0.170. The minimum Gasteiger partial charge on any atom is -0.394 e. The van der Waals surface area contributed by atoms with Gasteiger partial charge in [0.15, 0.2) is 0 Å².